The zero-order valence-corrected chi connectivity index (χ0v) is 11.3. The molecule has 0 spiro atoms. The predicted octanol–water partition coefficient (Wildman–Crippen LogP) is 3.34. The molecule has 0 aliphatic heterocycles. The van der Waals surface area contributed by atoms with Crippen LogP contribution in [0.5, 0.6) is 0 Å². The summed E-state index contributed by atoms with van der Waals surface area (Å²) in [5.41, 5.74) is 5.52. The lowest BCUT2D eigenvalue weighted by molar-refractivity contribution is 1.22. The van der Waals surface area contributed by atoms with Gasteiger partial charge >= 0.3 is 0 Å². The van der Waals surface area contributed by atoms with Gasteiger partial charge in [-0.05, 0) is 38.1 Å². The zero-order chi connectivity index (χ0) is 13.7. The first kappa shape index (κ1) is 11.2. The molecule has 0 saturated heterocycles. The van der Waals surface area contributed by atoms with Crippen molar-refractivity contribution in [2.24, 2.45) is 0 Å². The standard InChI is InChI=1S/C16H12N4/c1-9-3-5-11-13-14(18-8-7-17-13)12-6-4-10(2)20-16(12)15(11)19-9/h3-8H,1-2H3. The second kappa shape index (κ2) is 3.93. The lowest BCUT2D eigenvalue weighted by Crippen LogP contribution is -1.94. The fourth-order valence-electron chi connectivity index (χ4n) is 2.59. The van der Waals surface area contributed by atoms with E-state index in [0.29, 0.717) is 0 Å². The van der Waals surface area contributed by atoms with E-state index in [0.717, 1.165) is 44.2 Å². The van der Waals surface area contributed by atoms with Crippen molar-refractivity contribution in [3.63, 3.8) is 0 Å². The summed E-state index contributed by atoms with van der Waals surface area (Å²) >= 11 is 0. The van der Waals surface area contributed by atoms with Crippen LogP contribution in [0.3, 0.4) is 0 Å². The van der Waals surface area contributed by atoms with Crippen molar-refractivity contribution >= 4 is 32.8 Å². The Hall–Kier alpha value is -2.62. The van der Waals surface area contributed by atoms with E-state index in [4.69, 9.17) is 0 Å². The third-order valence-corrected chi connectivity index (χ3v) is 3.50. The maximum Gasteiger partial charge on any atom is 0.0991 e. The van der Waals surface area contributed by atoms with Crippen LogP contribution in [0, 0.1) is 13.8 Å². The number of rotatable bonds is 0. The van der Waals surface area contributed by atoms with Crippen molar-refractivity contribution in [2.75, 3.05) is 0 Å². The Morgan fingerprint density at radius 1 is 0.600 bits per heavy atom. The Bertz CT molecular complexity index is 896. The van der Waals surface area contributed by atoms with E-state index in [2.05, 4.69) is 32.1 Å². The molecule has 3 aromatic heterocycles. The molecule has 4 heteroatoms. The summed E-state index contributed by atoms with van der Waals surface area (Å²) in [6, 6.07) is 8.10. The van der Waals surface area contributed by atoms with Crippen molar-refractivity contribution in [1.82, 2.24) is 19.9 Å². The largest absolute Gasteiger partial charge is 0.252 e. The Kier molecular flexibility index (Phi) is 2.21. The van der Waals surface area contributed by atoms with Crippen molar-refractivity contribution < 1.29 is 0 Å². The molecule has 0 unspecified atom stereocenters. The molecule has 0 aliphatic carbocycles. The smallest absolute Gasteiger partial charge is 0.0991 e. The maximum absolute atomic E-state index is 4.66. The highest BCUT2D eigenvalue weighted by Crippen LogP contribution is 2.30. The molecule has 4 rings (SSSR count). The third-order valence-electron chi connectivity index (χ3n) is 3.50. The number of pyridine rings is 2. The summed E-state index contributed by atoms with van der Waals surface area (Å²) in [7, 11) is 0. The lowest BCUT2D eigenvalue weighted by Gasteiger charge is -2.08. The van der Waals surface area contributed by atoms with Gasteiger partial charge in [0.05, 0.1) is 22.1 Å². The van der Waals surface area contributed by atoms with E-state index in [9.17, 15) is 0 Å². The van der Waals surface area contributed by atoms with E-state index >= 15 is 0 Å². The van der Waals surface area contributed by atoms with E-state index in [1.54, 1.807) is 12.4 Å². The average Bonchev–Trinajstić information content (AvgIpc) is 2.47. The van der Waals surface area contributed by atoms with Crippen molar-refractivity contribution in [2.45, 2.75) is 13.8 Å². The molecule has 3 heterocycles. The second-order valence-electron chi connectivity index (χ2n) is 4.95. The van der Waals surface area contributed by atoms with Gasteiger partial charge in [0.25, 0.3) is 0 Å². The Labute approximate surface area is 115 Å². The van der Waals surface area contributed by atoms with Gasteiger partial charge in [0.15, 0.2) is 0 Å². The van der Waals surface area contributed by atoms with Crippen LogP contribution in [0.4, 0.5) is 0 Å². The van der Waals surface area contributed by atoms with Crippen LogP contribution in [-0.4, -0.2) is 19.9 Å². The first-order chi connectivity index (χ1) is 9.74. The molecule has 4 aromatic rings. The highest BCUT2D eigenvalue weighted by Gasteiger charge is 2.12. The fourth-order valence-corrected chi connectivity index (χ4v) is 2.59. The molecule has 0 bridgehead atoms. The molecule has 1 aromatic carbocycles. The van der Waals surface area contributed by atoms with Gasteiger partial charge in [0, 0.05) is 34.6 Å². The minimum atomic E-state index is 0.883. The van der Waals surface area contributed by atoms with Gasteiger partial charge in [-0.1, -0.05) is 0 Å². The Morgan fingerprint density at radius 3 is 1.50 bits per heavy atom. The number of nitrogens with zero attached hydrogens (tertiary/aromatic N) is 4. The zero-order valence-electron chi connectivity index (χ0n) is 11.3. The molecule has 0 atom stereocenters. The summed E-state index contributed by atoms with van der Waals surface area (Å²) in [5.74, 6) is 0. The minimum absolute atomic E-state index is 0.883. The number of fused-ring (bicyclic) bond motifs is 6. The van der Waals surface area contributed by atoms with Gasteiger partial charge in [0.1, 0.15) is 0 Å². The van der Waals surface area contributed by atoms with Crippen molar-refractivity contribution in [3.8, 4) is 0 Å². The van der Waals surface area contributed by atoms with Crippen LogP contribution in [0.1, 0.15) is 11.4 Å². The van der Waals surface area contributed by atoms with Crippen LogP contribution in [0.2, 0.25) is 0 Å². The molecular formula is C16H12N4. The number of aryl methyl sites for hydroxylation is 2. The van der Waals surface area contributed by atoms with Gasteiger partial charge in [-0.25, -0.2) is 0 Å². The summed E-state index contributed by atoms with van der Waals surface area (Å²) in [6.07, 6.45) is 3.43. The first-order valence-electron chi connectivity index (χ1n) is 6.51. The Balaban J connectivity index is 2.41. The van der Waals surface area contributed by atoms with Crippen LogP contribution in [0.15, 0.2) is 36.7 Å². The normalized spacial score (nSPS) is 11.5. The first-order valence-corrected chi connectivity index (χ1v) is 6.51. The SMILES string of the molecule is Cc1ccc2c3nccnc3c3ccc(C)nc3c2n1. The molecule has 0 saturated carbocycles. The molecule has 0 N–H and O–H groups in total. The van der Waals surface area contributed by atoms with Gasteiger partial charge in [-0.3, -0.25) is 19.9 Å². The summed E-state index contributed by atoms with van der Waals surface area (Å²) in [4.78, 5) is 18.3. The molecule has 0 amide bonds. The predicted molar refractivity (Wildman–Crippen MR) is 79.6 cm³/mol. The lowest BCUT2D eigenvalue weighted by atomic mass is 10.1. The topological polar surface area (TPSA) is 51.6 Å². The van der Waals surface area contributed by atoms with E-state index in [1.807, 2.05) is 26.0 Å². The van der Waals surface area contributed by atoms with Crippen LogP contribution < -0.4 is 0 Å². The molecule has 4 nitrogen and oxygen atoms in total. The monoisotopic (exact) mass is 260 g/mol. The third kappa shape index (κ3) is 1.48. The van der Waals surface area contributed by atoms with E-state index < -0.39 is 0 Å². The van der Waals surface area contributed by atoms with E-state index in [1.165, 1.54) is 0 Å². The van der Waals surface area contributed by atoms with Gasteiger partial charge in [-0.15, -0.1) is 0 Å². The molecular weight excluding hydrogens is 248 g/mol. The molecule has 0 fully saturated rings. The fraction of sp³-hybridized carbons (Fsp3) is 0.125. The van der Waals surface area contributed by atoms with Crippen LogP contribution >= 0.6 is 0 Å². The van der Waals surface area contributed by atoms with E-state index in [-0.39, 0.29) is 0 Å². The highest BCUT2D eigenvalue weighted by molar-refractivity contribution is 6.20. The van der Waals surface area contributed by atoms with Crippen LogP contribution in [-0.2, 0) is 0 Å². The second-order valence-corrected chi connectivity index (χ2v) is 4.95. The molecule has 0 aliphatic rings. The number of hydrogen-bond acceptors (Lipinski definition) is 4. The summed E-state index contributed by atoms with van der Waals surface area (Å²) in [6.45, 7) is 3.98. The Morgan fingerprint density at radius 2 is 1.05 bits per heavy atom. The number of aromatic nitrogens is 4. The van der Waals surface area contributed by atoms with Gasteiger partial charge in [-0.2, -0.15) is 0 Å². The van der Waals surface area contributed by atoms with Crippen molar-refractivity contribution in [1.29, 1.82) is 0 Å². The summed E-state index contributed by atoms with van der Waals surface area (Å²) in [5, 5.41) is 2.01. The van der Waals surface area contributed by atoms with Gasteiger partial charge in [0.2, 0.25) is 0 Å². The highest BCUT2D eigenvalue weighted by atomic mass is 14.8. The van der Waals surface area contributed by atoms with Crippen molar-refractivity contribution in [3.05, 3.63) is 48.0 Å². The average molecular weight is 260 g/mol. The number of hydrogen-bond donors (Lipinski definition) is 0. The van der Waals surface area contributed by atoms with Gasteiger partial charge < -0.3 is 0 Å². The molecule has 0 radical (unpaired) electrons. The maximum atomic E-state index is 4.66. The molecule has 20 heavy (non-hydrogen) atoms. The summed E-state index contributed by atoms with van der Waals surface area (Å²) < 4.78 is 0. The quantitative estimate of drug-likeness (QED) is 0.455. The number of benzene rings is 1. The van der Waals surface area contributed by atoms with Crippen LogP contribution in [0.25, 0.3) is 32.8 Å². The minimum Gasteiger partial charge on any atom is -0.252 e. The molecule has 96 valence electrons.